The molecular formula is C15H20N2O3. The SMILES string of the molecule is CC(C)N[C@@H](C)[C@@H](O)c1ccc(O)c2[nH]c(=O)ccc12. The quantitative estimate of drug-likeness (QED) is 0.684. The summed E-state index contributed by atoms with van der Waals surface area (Å²) in [6.45, 7) is 5.92. The molecule has 0 bridgehead atoms. The molecule has 0 amide bonds. The number of aromatic amines is 1. The van der Waals surface area contributed by atoms with E-state index < -0.39 is 6.10 Å². The first-order valence-electron chi connectivity index (χ1n) is 6.69. The van der Waals surface area contributed by atoms with Crippen molar-refractivity contribution < 1.29 is 10.2 Å². The molecule has 0 aliphatic carbocycles. The van der Waals surface area contributed by atoms with Crippen LogP contribution in [0.4, 0.5) is 0 Å². The van der Waals surface area contributed by atoms with Crippen molar-refractivity contribution >= 4 is 10.9 Å². The molecule has 1 aromatic heterocycles. The number of aromatic hydroxyl groups is 1. The fourth-order valence-corrected chi connectivity index (χ4v) is 2.40. The van der Waals surface area contributed by atoms with Gasteiger partial charge in [0.25, 0.3) is 0 Å². The molecule has 4 N–H and O–H groups in total. The summed E-state index contributed by atoms with van der Waals surface area (Å²) < 4.78 is 0. The summed E-state index contributed by atoms with van der Waals surface area (Å²) in [5, 5.41) is 24.2. The van der Waals surface area contributed by atoms with Crippen molar-refractivity contribution in [3.8, 4) is 5.75 Å². The summed E-state index contributed by atoms with van der Waals surface area (Å²) >= 11 is 0. The molecule has 0 saturated carbocycles. The van der Waals surface area contributed by atoms with E-state index in [9.17, 15) is 15.0 Å². The van der Waals surface area contributed by atoms with E-state index in [4.69, 9.17) is 0 Å². The number of phenols is 1. The van der Waals surface area contributed by atoms with Gasteiger partial charge in [-0.2, -0.15) is 0 Å². The number of aromatic nitrogens is 1. The highest BCUT2D eigenvalue weighted by atomic mass is 16.3. The Kier molecular flexibility index (Phi) is 4.11. The molecule has 5 nitrogen and oxygen atoms in total. The van der Waals surface area contributed by atoms with Crippen molar-refractivity contribution in [1.82, 2.24) is 10.3 Å². The van der Waals surface area contributed by atoms with E-state index in [0.29, 0.717) is 16.5 Å². The molecule has 1 heterocycles. The van der Waals surface area contributed by atoms with Crippen molar-refractivity contribution in [1.29, 1.82) is 0 Å². The lowest BCUT2D eigenvalue weighted by molar-refractivity contribution is 0.133. The van der Waals surface area contributed by atoms with Gasteiger partial charge in [0.15, 0.2) is 0 Å². The Hall–Kier alpha value is -1.85. The molecule has 2 atom stereocenters. The number of hydrogen-bond acceptors (Lipinski definition) is 4. The lowest BCUT2D eigenvalue weighted by atomic mass is 9.98. The highest BCUT2D eigenvalue weighted by molar-refractivity contribution is 5.87. The van der Waals surface area contributed by atoms with Crippen LogP contribution in [0.3, 0.4) is 0 Å². The molecule has 2 rings (SSSR count). The first-order chi connectivity index (χ1) is 9.40. The second-order valence-electron chi connectivity index (χ2n) is 5.34. The Morgan fingerprint density at radius 3 is 2.50 bits per heavy atom. The molecule has 20 heavy (non-hydrogen) atoms. The Bertz CT molecular complexity index is 664. The molecule has 108 valence electrons. The van der Waals surface area contributed by atoms with E-state index in [1.54, 1.807) is 12.1 Å². The minimum Gasteiger partial charge on any atom is -0.506 e. The Balaban J connectivity index is 2.49. The van der Waals surface area contributed by atoms with Gasteiger partial charge in [-0.1, -0.05) is 19.9 Å². The van der Waals surface area contributed by atoms with Gasteiger partial charge in [-0.3, -0.25) is 4.79 Å². The predicted octanol–water partition coefficient (Wildman–Crippen LogP) is 1.65. The van der Waals surface area contributed by atoms with Gasteiger partial charge in [0.05, 0.1) is 11.6 Å². The molecular weight excluding hydrogens is 256 g/mol. The first-order valence-corrected chi connectivity index (χ1v) is 6.69. The summed E-state index contributed by atoms with van der Waals surface area (Å²) in [7, 11) is 0. The van der Waals surface area contributed by atoms with Crippen LogP contribution in [-0.2, 0) is 0 Å². The van der Waals surface area contributed by atoms with Crippen LogP contribution in [-0.4, -0.2) is 27.3 Å². The third-order valence-corrected chi connectivity index (χ3v) is 3.30. The molecule has 0 radical (unpaired) electrons. The van der Waals surface area contributed by atoms with Gasteiger partial charge in [0.1, 0.15) is 5.75 Å². The molecule has 0 unspecified atom stereocenters. The molecule has 0 aliphatic rings. The normalized spacial score (nSPS) is 14.7. The smallest absolute Gasteiger partial charge is 0.248 e. The number of pyridine rings is 1. The second-order valence-corrected chi connectivity index (χ2v) is 5.34. The number of nitrogens with one attached hydrogen (secondary N) is 2. The highest BCUT2D eigenvalue weighted by Gasteiger charge is 2.20. The Morgan fingerprint density at radius 2 is 1.85 bits per heavy atom. The number of phenolic OH excluding ortho intramolecular Hbond substituents is 1. The number of aliphatic hydroxyl groups is 1. The number of rotatable bonds is 4. The van der Waals surface area contributed by atoms with Crippen LogP contribution in [0.15, 0.2) is 29.1 Å². The van der Waals surface area contributed by atoms with E-state index in [1.807, 2.05) is 20.8 Å². The number of aliphatic hydroxyl groups excluding tert-OH is 1. The van der Waals surface area contributed by atoms with Gasteiger partial charge < -0.3 is 20.5 Å². The number of fused-ring (bicyclic) bond motifs is 1. The summed E-state index contributed by atoms with van der Waals surface area (Å²) in [5.41, 5.74) is 0.744. The zero-order chi connectivity index (χ0) is 14.9. The Labute approximate surface area is 117 Å². The summed E-state index contributed by atoms with van der Waals surface area (Å²) in [5.74, 6) is -0.00174. The standard InChI is InChI=1S/C15H20N2O3/c1-8(2)16-9(3)15(20)11-4-6-12(18)14-10(11)5-7-13(19)17-14/h4-9,15-16,18,20H,1-3H3,(H,17,19)/t9-,15+/m0/s1. The van der Waals surface area contributed by atoms with Crippen molar-refractivity contribution in [3.05, 3.63) is 40.2 Å². The first kappa shape index (κ1) is 14.6. The monoisotopic (exact) mass is 276 g/mol. The van der Waals surface area contributed by atoms with Crippen molar-refractivity contribution in [2.24, 2.45) is 0 Å². The van der Waals surface area contributed by atoms with E-state index >= 15 is 0 Å². The fourth-order valence-electron chi connectivity index (χ4n) is 2.40. The van der Waals surface area contributed by atoms with Gasteiger partial charge in [-0.25, -0.2) is 0 Å². The molecule has 0 aliphatic heterocycles. The van der Waals surface area contributed by atoms with Crippen molar-refractivity contribution in [2.75, 3.05) is 0 Å². The molecule has 2 aromatic rings. The topological polar surface area (TPSA) is 85.3 Å². The van der Waals surface area contributed by atoms with Crippen LogP contribution in [0.25, 0.3) is 10.9 Å². The minimum absolute atomic E-state index is 0.00174. The molecule has 1 aromatic carbocycles. The van der Waals surface area contributed by atoms with Crippen molar-refractivity contribution in [2.45, 2.75) is 39.0 Å². The zero-order valence-corrected chi connectivity index (χ0v) is 11.8. The average Bonchev–Trinajstić information content (AvgIpc) is 2.38. The minimum atomic E-state index is -0.730. The maximum atomic E-state index is 11.4. The van der Waals surface area contributed by atoms with Crippen LogP contribution in [0.5, 0.6) is 5.75 Å². The maximum absolute atomic E-state index is 11.4. The summed E-state index contributed by atoms with van der Waals surface area (Å²) in [6, 6.07) is 6.28. The van der Waals surface area contributed by atoms with Crippen LogP contribution in [0, 0.1) is 0 Å². The van der Waals surface area contributed by atoms with Crippen molar-refractivity contribution in [3.63, 3.8) is 0 Å². The van der Waals surface area contributed by atoms with E-state index in [1.165, 1.54) is 12.1 Å². The van der Waals surface area contributed by atoms with Gasteiger partial charge in [0.2, 0.25) is 5.56 Å². The van der Waals surface area contributed by atoms with E-state index in [-0.39, 0.29) is 23.4 Å². The maximum Gasteiger partial charge on any atom is 0.248 e. The number of hydrogen-bond donors (Lipinski definition) is 4. The van der Waals surface area contributed by atoms with Crippen LogP contribution >= 0.6 is 0 Å². The van der Waals surface area contributed by atoms with E-state index in [0.717, 1.165) is 0 Å². The highest BCUT2D eigenvalue weighted by Crippen LogP contribution is 2.30. The summed E-state index contributed by atoms with van der Waals surface area (Å²) in [4.78, 5) is 14.0. The molecule has 0 fully saturated rings. The third-order valence-electron chi connectivity index (χ3n) is 3.30. The lowest BCUT2D eigenvalue weighted by Crippen LogP contribution is -2.37. The van der Waals surface area contributed by atoms with Crippen LogP contribution in [0.1, 0.15) is 32.4 Å². The Morgan fingerprint density at radius 1 is 1.15 bits per heavy atom. The third kappa shape index (κ3) is 2.84. The van der Waals surface area contributed by atoms with Gasteiger partial charge in [-0.05, 0) is 24.6 Å². The van der Waals surface area contributed by atoms with Gasteiger partial charge in [0, 0.05) is 23.5 Å². The predicted molar refractivity (Wildman–Crippen MR) is 78.9 cm³/mol. The molecule has 5 heteroatoms. The van der Waals surface area contributed by atoms with Gasteiger partial charge >= 0.3 is 0 Å². The average molecular weight is 276 g/mol. The molecule has 0 saturated heterocycles. The zero-order valence-electron chi connectivity index (χ0n) is 11.8. The lowest BCUT2D eigenvalue weighted by Gasteiger charge is -2.24. The summed E-state index contributed by atoms with van der Waals surface area (Å²) in [6.07, 6.45) is -0.730. The number of benzene rings is 1. The van der Waals surface area contributed by atoms with Gasteiger partial charge in [-0.15, -0.1) is 0 Å². The van der Waals surface area contributed by atoms with E-state index in [2.05, 4.69) is 10.3 Å². The fraction of sp³-hybridized carbons (Fsp3) is 0.400. The largest absolute Gasteiger partial charge is 0.506 e. The number of H-pyrrole nitrogens is 1. The van der Waals surface area contributed by atoms with Crippen LogP contribution < -0.4 is 10.9 Å². The second kappa shape index (κ2) is 5.64. The van der Waals surface area contributed by atoms with Crippen LogP contribution in [0.2, 0.25) is 0 Å². The molecule has 0 spiro atoms.